The number of aromatic nitrogens is 1. The van der Waals surface area contributed by atoms with Gasteiger partial charge in [-0.2, -0.15) is 0 Å². The van der Waals surface area contributed by atoms with Gasteiger partial charge in [0.1, 0.15) is 5.03 Å². The van der Waals surface area contributed by atoms with E-state index in [2.05, 4.69) is 15.0 Å². The number of amides is 1. The number of hydrogen-bond donors (Lipinski definition) is 2. The molecule has 0 aromatic carbocycles. The Kier molecular flexibility index (Phi) is 5.60. The SMILES string of the molecule is COC(=O)C(CO)NC(=O)c1cccnc1SC. The Balaban J connectivity index is 2.84. The zero-order valence-corrected chi connectivity index (χ0v) is 10.9. The highest BCUT2D eigenvalue weighted by Gasteiger charge is 2.22. The van der Waals surface area contributed by atoms with Crippen molar-refractivity contribution in [3.05, 3.63) is 23.9 Å². The van der Waals surface area contributed by atoms with E-state index in [0.717, 1.165) is 0 Å². The number of nitrogens with zero attached hydrogens (tertiary/aromatic N) is 1. The molecule has 98 valence electrons. The fourth-order valence-electron chi connectivity index (χ4n) is 1.28. The number of aliphatic hydroxyl groups excluding tert-OH is 1. The van der Waals surface area contributed by atoms with Gasteiger partial charge in [-0.25, -0.2) is 9.78 Å². The Bertz CT molecular complexity index is 439. The van der Waals surface area contributed by atoms with Crippen molar-refractivity contribution in [3.63, 3.8) is 0 Å². The number of carbonyl (C=O) groups excluding carboxylic acids is 2. The van der Waals surface area contributed by atoms with Crippen LogP contribution in [0.25, 0.3) is 0 Å². The molecule has 0 fully saturated rings. The first-order valence-corrected chi connectivity index (χ1v) is 6.35. The first-order valence-electron chi connectivity index (χ1n) is 5.12. The predicted octanol–water partition coefficient (Wildman–Crippen LogP) is 0.0672. The Labute approximate surface area is 109 Å². The molecule has 0 aliphatic rings. The number of methoxy groups -OCH3 is 1. The molecule has 0 spiro atoms. The summed E-state index contributed by atoms with van der Waals surface area (Å²) < 4.78 is 4.46. The minimum absolute atomic E-state index is 0.354. The van der Waals surface area contributed by atoms with Crippen LogP contribution in [0.5, 0.6) is 0 Å². The van der Waals surface area contributed by atoms with E-state index < -0.39 is 24.5 Å². The van der Waals surface area contributed by atoms with Gasteiger partial charge in [0.15, 0.2) is 6.04 Å². The molecule has 0 bridgehead atoms. The van der Waals surface area contributed by atoms with Gasteiger partial charge < -0.3 is 15.2 Å². The number of aliphatic hydroxyl groups is 1. The standard InChI is InChI=1S/C11H14N2O4S/c1-17-11(16)8(6-14)13-9(15)7-4-3-5-12-10(7)18-2/h3-5,8,14H,6H2,1-2H3,(H,13,15). The molecule has 0 saturated carbocycles. The van der Waals surface area contributed by atoms with Crippen LogP contribution in [0, 0.1) is 0 Å². The Morgan fingerprint density at radius 3 is 2.89 bits per heavy atom. The van der Waals surface area contributed by atoms with E-state index in [9.17, 15) is 9.59 Å². The molecule has 1 unspecified atom stereocenters. The molecule has 0 saturated heterocycles. The Morgan fingerprint density at radius 2 is 2.33 bits per heavy atom. The highest BCUT2D eigenvalue weighted by atomic mass is 32.2. The van der Waals surface area contributed by atoms with E-state index >= 15 is 0 Å². The summed E-state index contributed by atoms with van der Waals surface area (Å²) >= 11 is 1.32. The molecule has 1 amide bonds. The second-order valence-corrected chi connectivity index (χ2v) is 4.09. The lowest BCUT2D eigenvalue weighted by Gasteiger charge is -2.14. The van der Waals surface area contributed by atoms with E-state index in [1.807, 2.05) is 0 Å². The second-order valence-electron chi connectivity index (χ2n) is 3.29. The summed E-state index contributed by atoms with van der Waals surface area (Å²) in [4.78, 5) is 27.2. The summed E-state index contributed by atoms with van der Waals surface area (Å²) in [7, 11) is 1.19. The fourth-order valence-corrected chi connectivity index (χ4v) is 1.83. The van der Waals surface area contributed by atoms with Crippen LogP contribution in [-0.2, 0) is 9.53 Å². The first-order chi connectivity index (χ1) is 8.63. The van der Waals surface area contributed by atoms with Gasteiger partial charge in [-0.1, -0.05) is 0 Å². The number of rotatable bonds is 5. The van der Waals surface area contributed by atoms with Gasteiger partial charge in [0.25, 0.3) is 5.91 Å². The highest BCUT2D eigenvalue weighted by Crippen LogP contribution is 2.16. The van der Waals surface area contributed by atoms with Crippen LogP contribution in [0.2, 0.25) is 0 Å². The molecule has 0 radical (unpaired) electrons. The molecule has 1 aromatic rings. The van der Waals surface area contributed by atoms with Gasteiger partial charge in [-0.3, -0.25) is 4.79 Å². The third kappa shape index (κ3) is 3.44. The number of ether oxygens (including phenoxy) is 1. The third-order valence-corrected chi connectivity index (χ3v) is 2.89. The highest BCUT2D eigenvalue weighted by molar-refractivity contribution is 7.98. The smallest absolute Gasteiger partial charge is 0.330 e. The van der Waals surface area contributed by atoms with Crippen molar-refractivity contribution < 1.29 is 19.4 Å². The van der Waals surface area contributed by atoms with Crippen LogP contribution in [0.4, 0.5) is 0 Å². The van der Waals surface area contributed by atoms with Gasteiger partial charge in [-0.05, 0) is 18.4 Å². The summed E-state index contributed by atoms with van der Waals surface area (Å²) in [6, 6.07) is 2.15. The maximum absolute atomic E-state index is 11.9. The molecule has 2 N–H and O–H groups in total. The van der Waals surface area contributed by atoms with E-state index in [-0.39, 0.29) is 0 Å². The minimum atomic E-state index is -1.07. The van der Waals surface area contributed by atoms with Gasteiger partial charge in [-0.15, -0.1) is 11.8 Å². The first kappa shape index (κ1) is 14.5. The average molecular weight is 270 g/mol. The summed E-state index contributed by atoms with van der Waals surface area (Å²) in [6.07, 6.45) is 3.37. The average Bonchev–Trinajstić information content (AvgIpc) is 2.43. The third-order valence-electron chi connectivity index (χ3n) is 2.18. The number of hydrogen-bond acceptors (Lipinski definition) is 6. The van der Waals surface area contributed by atoms with Crippen LogP contribution >= 0.6 is 11.8 Å². The maximum atomic E-state index is 11.9. The van der Waals surface area contributed by atoms with Crippen LogP contribution in [0.15, 0.2) is 23.4 Å². The van der Waals surface area contributed by atoms with Gasteiger partial charge in [0.05, 0.1) is 19.3 Å². The van der Waals surface area contributed by atoms with E-state index in [0.29, 0.717) is 10.6 Å². The molecule has 1 aromatic heterocycles. The molecule has 0 aliphatic heterocycles. The lowest BCUT2D eigenvalue weighted by atomic mass is 10.2. The van der Waals surface area contributed by atoms with Crippen molar-refractivity contribution >= 4 is 23.6 Å². The number of pyridine rings is 1. The van der Waals surface area contributed by atoms with Gasteiger partial charge in [0.2, 0.25) is 0 Å². The molecule has 0 aliphatic carbocycles. The monoisotopic (exact) mass is 270 g/mol. The van der Waals surface area contributed by atoms with Crippen LogP contribution in [-0.4, -0.2) is 48.0 Å². The van der Waals surface area contributed by atoms with Crippen molar-refractivity contribution in [1.29, 1.82) is 0 Å². The number of esters is 1. The fraction of sp³-hybridized carbons (Fsp3) is 0.364. The van der Waals surface area contributed by atoms with E-state index in [4.69, 9.17) is 5.11 Å². The molecule has 18 heavy (non-hydrogen) atoms. The second kappa shape index (κ2) is 6.97. The van der Waals surface area contributed by atoms with Crippen molar-refractivity contribution in [2.45, 2.75) is 11.1 Å². The molecular weight excluding hydrogens is 256 g/mol. The lowest BCUT2D eigenvalue weighted by molar-refractivity contribution is -0.143. The summed E-state index contributed by atoms with van der Waals surface area (Å²) in [5.74, 6) is -1.17. The largest absolute Gasteiger partial charge is 0.467 e. The summed E-state index contributed by atoms with van der Waals surface area (Å²) in [5, 5.41) is 12.0. The van der Waals surface area contributed by atoms with Crippen molar-refractivity contribution in [2.24, 2.45) is 0 Å². The maximum Gasteiger partial charge on any atom is 0.330 e. The summed E-state index contributed by atoms with van der Waals surface area (Å²) in [6.45, 7) is -0.521. The van der Waals surface area contributed by atoms with E-state index in [1.165, 1.54) is 18.9 Å². The molecular formula is C11H14N2O4S. The van der Waals surface area contributed by atoms with Crippen molar-refractivity contribution in [1.82, 2.24) is 10.3 Å². The molecule has 6 nitrogen and oxygen atoms in total. The van der Waals surface area contributed by atoms with Crippen LogP contribution < -0.4 is 5.32 Å². The quantitative estimate of drug-likeness (QED) is 0.581. The number of nitrogens with one attached hydrogen (secondary N) is 1. The zero-order valence-electron chi connectivity index (χ0n) is 10.0. The van der Waals surface area contributed by atoms with Crippen molar-refractivity contribution in [2.75, 3.05) is 20.0 Å². The molecule has 1 rings (SSSR count). The molecule has 1 atom stereocenters. The zero-order chi connectivity index (χ0) is 13.5. The number of thioether (sulfide) groups is 1. The normalized spacial score (nSPS) is 11.7. The van der Waals surface area contributed by atoms with Crippen LogP contribution in [0.3, 0.4) is 0 Å². The summed E-state index contributed by atoms with van der Waals surface area (Å²) in [5.41, 5.74) is 0.354. The number of carbonyl (C=O) groups is 2. The Morgan fingerprint density at radius 1 is 1.61 bits per heavy atom. The van der Waals surface area contributed by atoms with Crippen LogP contribution in [0.1, 0.15) is 10.4 Å². The predicted molar refractivity (Wildman–Crippen MR) is 66.4 cm³/mol. The topological polar surface area (TPSA) is 88.5 Å². The van der Waals surface area contributed by atoms with Gasteiger partial charge in [0, 0.05) is 6.20 Å². The van der Waals surface area contributed by atoms with Gasteiger partial charge >= 0.3 is 5.97 Å². The van der Waals surface area contributed by atoms with E-state index in [1.54, 1.807) is 24.6 Å². The molecule has 7 heteroatoms. The molecule has 1 heterocycles. The lowest BCUT2D eigenvalue weighted by Crippen LogP contribution is -2.44. The van der Waals surface area contributed by atoms with Crippen molar-refractivity contribution in [3.8, 4) is 0 Å². The minimum Gasteiger partial charge on any atom is -0.467 e. The Hall–Kier alpha value is -1.60.